The Kier molecular flexibility index (Phi) is 3.85. The third-order valence-electron chi connectivity index (χ3n) is 2.71. The maximum atomic E-state index is 5.72. The highest BCUT2D eigenvalue weighted by molar-refractivity contribution is 5.77. The maximum Gasteiger partial charge on any atom is 0.226 e. The molecule has 0 spiro atoms. The van der Waals surface area contributed by atoms with Crippen LogP contribution >= 0.6 is 0 Å². The van der Waals surface area contributed by atoms with Crippen molar-refractivity contribution in [1.29, 1.82) is 0 Å². The van der Waals surface area contributed by atoms with Crippen molar-refractivity contribution in [2.24, 2.45) is 10.7 Å². The quantitative estimate of drug-likeness (QED) is 0.675. The maximum absolute atomic E-state index is 5.72. The molecule has 2 rings (SSSR count). The van der Waals surface area contributed by atoms with E-state index in [-0.39, 0.29) is 0 Å². The van der Waals surface area contributed by atoms with E-state index in [1.54, 1.807) is 11.2 Å². The highest BCUT2D eigenvalue weighted by Gasteiger charge is 2.06. The molecule has 0 aliphatic heterocycles. The summed E-state index contributed by atoms with van der Waals surface area (Å²) in [6, 6.07) is 8.04. The summed E-state index contributed by atoms with van der Waals surface area (Å²) in [4.78, 5) is 10.4. The first-order valence-corrected chi connectivity index (χ1v) is 6.05. The molecule has 2 N–H and O–H groups in total. The van der Waals surface area contributed by atoms with Gasteiger partial charge in [0.15, 0.2) is 5.96 Å². The zero-order chi connectivity index (χ0) is 13.8. The fraction of sp³-hybridized carbons (Fsp3) is 0.286. The molecule has 0 bridgehead atoms. The number of aliphatic imine (C=N–C) groups is 1. The van der Waals surface area contributed by atoms with Crippen LogP contribution < -0.4 is 5.73 Å². The second-order valence-corrected chi connectivity index (χ2v) is 4.58. The van der Waals surface area contributed by atoms with Gasteiger partial charge in [-0.2, -0.15) is 0 Å². The van der Waals surface area contributed by atoms with Gasteiger partial charge in [0.25, 0.3) is 0 Å². The minimum Gasteiger partial charge on any atom is -0.444 e. The number of hydrogen-bond donors (Lipinski definition) is 1. The molecule has 0 fully saturated rings. The Balaban J connectivity index is 2.11. The van der Waals surface area contributed by atoms with Crippen molar-refractivity contribution in [1.82, 2.24) is 9.88 Å². The summed E-state index contributed by atoms with van der Waals surface area (Å²) >= 11 is 0. The third-order valence-corrected chi connectivity index (χ3v) is 2.71. The Hall–Kier alpha value is -2.30. The number of aromatic nitrogens is 1. The second kappa shape index (κ2) is 5.56. The molecule has 1 aromatic carbocycles. The van der Waals surface area contributed by atoms with E-state index in [0.717, 1.165) is 11.3 Å². The Labute approximate surface area is 112 Å². The van der Waals surface area contributed by atoms with E-state index in [1.807, 2.05) is 45.3 Å². The number of hydrogen-bond acceptors (Lipinski definition) is 3. The molecule has 0 saturated heterocycles. The Morgan fingerprint density at radius 3 is 2.63 bits per heavy atom. The summed E-state index contributed by atoms with van der Waals surface area (Å²) < 4.78 is 5.45. The number of nitrogens with two attached hydrogens (primary N) is 1. The van der Waals surface area contributed by atoms with Gasteiger partial charge in [-0.1, -0.05) is 17.7 Å². The first-order chi connectivity index (χ1) is 9.06. The fourth-order valence-electron chi connectivity index (χ4n) is 1.51. The molecule has 100 valence electrons. The predicted molar refractivity (Wildman–Crippen MR) is 75.7 cm³/mol. The summed E-state index contributed by atoms with van der Waals surface area (Å²) in [6.07, 6.45) is 1.61. The van der Waals surface area contributed by atoms with Crippen LogP contribution in [-0.2, 0) is 6.54 Å². The van der Waals surface area contributed by atoms with Gasteiger partial charge in [-0.15, -0.1) is 0 Å². The zero-order valence-electron chi connectivity index (χ0n) is 11.4. The summed E-state index contributed by atoms with van der Waals surface area (Å²) in [6.45, 7) is 2.46. The lowest BCUT2D eigenvalue weighted by Crippen LogP contribution is -2.30. The molecule has 1 heterocycles. The van der Waals surface area contributed by atoms with Gasteiger partial charge in [-0.25, -0.2) is 9.98 Å². The molecule has 0 saturated carbocycles. The average Bonchev–Trinajstić information content (AvgIpc) is 2.85. The van der Waals surface area contributed by atoms with Crippen molar-refractivity contribution < 1.29 is 4.42 Å². The molecule has 0 aliphatic carbocycles. The van der Waals surface area contributed by atoms with Crippen LogP contribution in [-0.4, -0.2) is 29.9 Å². The van der Waals surface area contributed by atoms with Crippen LogP contribution in [0.4, 0.5) is 0 Å². The van der Waals surface area contributed by atoms with E-state index in [0.29, 0.717) is 18.4 Å². The van der Waals surface area contributed by atoms with Crippen molar-refractivity contribution in [2.75, 3.05) is 14.1 Å². The van der Waals surface area contributed by atoms with Crippen molar-refractivity contribution in [3.8, 4) is 11.5 Å². The normalized spacial score (nSPS) is 11.6. The van der Waals surface area contributed by atoms with Crippen molar-refractivity contribution >= 4 is 5.96 Å². The number of nitrogens with zero attached hydrogens (tertiary/aromatic N) is 3. The molecule has 0 amide bonds. The van der Waals surface area contributed by atoms with E-state index in [9.17, 15) is 0 Å². The van der Waals surface area contributed by atoms with E-state index < -0.39 is 0 Å². The third kappa shape index (κ3) is 3.34. The fourth-order valence-corrected chi connectivity index (χ4v) is 1.51. The average molecular weight is 258 g/mol. The predicted octanol–water partition coefficient (Wildman–Crippen LogP) is 2.03. The van der Waals surface area contributed by atoms with Crippen molar-refractivity contribution in [3.05, 3.63) is 41.8 Å². The smallest absolute Gasteiger partial charge is 0.226 e. The molecular weight excluding hydrogens is 240 g/mol. The SMILES string of the molecule is Cc1ccc(-c2nc(CN=C(N)N(C)C)co2)cc1. The van der Waals surface area contributed by atoms with Crippen molar-refractivity contribution in [2.45, 2.75) is 13.5 Å². The minimum absolute atomic E-state index is 0.416. The first-order valence-electron chi connectivity index (χ1n) is 6.05. The number of guanidine groups is 1. The summed E-state index contributed by atoms with van der Waals surface area (Å²) in [5.41, 5.74) is 8.65. The van der Waals surface area contributed by atoms with Crippen LogP contribution in [0.1, 0.15) is 11.3 Å². The lowest BCUT2D eigenvalue weighted by atomic mass is 10.1. The van der Waals surface area contributed by atoms with Gasteiger partial charge in [0.2, 0.25) is 5.89 Å². The topological polar surface area (TPSA) is 67.7 Å². The molecule has 19 heavy (non-hydrogen) atoms. The van der Waals surface area contributed by atoms with E-state index in [1.165, 1.54) is 5.56 Å². The summed E-state index contributed by atoms with van der Waals surface area (Å²) in [5, 5.41) is 0. The van der Waals surface area contributed by atoms with Crippen LogP contribution in [0.5, 0.6) is 0 Å². The minimum atomic E-state index is 0.416. The standard InChI is InChI=1S/C14H18N4O/c1-10-4-6-11(7-5-10)13-17-12(9-19-13)8-16-14(15)18(2)3/h4-7,9H,8H2,1-3H3,(H2,15,16). The molecule has 0 atom stereocenters. The van der Waals surface area contributed by atoms with E-state index in [4.69, 9.17) is 10.2 Å². The summed E-state index contributed by atoms with van der Waals surface area (Å²) in [5.74, 6) is 1.08. The number of oxazole rings is 1. The van der Waals surface area contributed by atoms with Gasteiger partial charge in [0.1, 0.15) is 12.0 Å². The number of aryl methyl sites for hydroxylation is 1. The molecule has 0 unspecified atom stereocenters. The van der Waals surface area contributed by atoms with Crippen LogP contribution in [0.2, 0.25) is 0 Å². The van der Waals surface area contributed by atoms with Gasteiger partial charge in [0.05, 0.1) is 6.54 Å². The lowest BCUT2D eigenvalue weighted by molar-refractivity contribution is 0.572. The van der Waals surface area contributed by atoms with Gasteiger partial charge < -0.3 is 15.1 Å². The first kappa shape index (κ1) is 13.1. The van der Waals surface area contributed by atoms with Gasteiger partial charge in [0, 0.05) is 19.7 Å². The van der Waals surface area contributed by atoms with Crippen LogP contribution in [0.3, 0.4) is 0 Å². The second-order valence-electron chi connectivity index (χ2n) is 4.58. The zero-order valence-corrected chi connectivity index (χ0v) is 11.4. The number of benzene rings is 1. The Morgan fingerprint density at radius 2 is 2.00 bits per heavy atom. The van der Waals surface area contributed by atoms with Crippen LogP contribution in [0, 0.1) is 6.92 Å². The Morgan fingerprint density at radius 1 is 1.32 bits per heavy atom. The van der Waals surface area contributed by atoms with Crippen LogP contribution in [0.15, 0.2) is 39.9 Å². The lowest BCUT2D eigenvalue weighted by Gasteiger charge is -2.09. The molecule has 0 radical (unpaired) electrons. The highest BCUT2D eigenvalue weighted by Crippen LogP contribution is 2.19. The van der Waals surface area contributed by atoms with Crippen LogP contribution in [0.25, 0.3) is 11.5 Å². The monoisotopic (exact) mass is 258 g/mol. The molecule has 0 aliphatic rings. The molecule has 2 aromatic rings. The highest BCUT2D eigenvalue weighted by atomic mass is 16.3. The molecule has 5 heteroatoms. The van der Waals surface area contributed by atoms with E-state index in [2.05, 4.69) is 9.98 Å². The summed E-state index contributed by atoms with van der Waals surface area (Å²) in [7, 11) is 3.69. The molecular formula is C14H18N4O. The van der Waals surface area contributed by atoms with Gasteiger partial charge in [-0.05, 0) is 19.1 Å². The van der Waals surface area contributed by atoms with Crippen molar-refractivity contribution in [3.63, 3.8) is 0 Å². The largest absolute Gasteiger partial charge is 0.444 e. The van der Waals surface area contributed by atoms with E-state index >= 15 is 0 Å². The van der Waals surface area contributed by atoms with Gasteiger partial charge >= 0.3 is 0 Å². The van der Waals surface area contributed by atoms with Gasteiger partial charge in [-0.3, -0.25) is 0 Å². The Bertz CT molecular complexity index is 569. The molecule has 1 aromatic heterocycles. The molecule has 5 nitrogen and oxygen atoms in total. The number of rotatable bonds is 3.